The van der Waals surface area contributed by atoms with Crippen LogP contribution in [-0.4, -0.2) is 19.6 Å². The zero-order chi connectivity index (χ0) is 12.0. The van der Waals surface area contributed by atoms with Gasteiger partial charge in [0.05, 0.1) is 13.0 Å². The molecule has 0 heterocycles. The first-order valence-electron chi connectivity index (χ1n) is 5.47. The van der Waals surface area contributed by atoms with Gasteiger partial charge in [-0.3, -0.25) is 4.79 Å². The highest BCUT2D eigenvalue weighted by Crippen LogP contribution is 2.03. The second-order valence-electron chi connectivity index (χ2n) is 4.04. The molecule has 0 fully saturated rings. The number of aryl methyl sites for hydroxylation is 1. The molecule has 16 heavy (non-hydrogen) atoms. The van der Waals surface area contributed by atoms with E-state index in [0.29, 0.717) is 6.54 Å². The number of carbonyl (C=O) groups is 1. The number of benzene rings is 1. The largest absolute Gasteiger partial charge is 0.469 e. The van der Waals surface area contributed by atoms with Gasteiger partial charge in [0.15, 0.2) is 0 Å². The predicted molar refractivity (Wildman–Crippen MR) is 64.1 cm³/mol. The zero-order valence-electron chi connectivity index (χ0n) is 10.1. The lowest BCUT2D eigenvalue weighted by atomic mass is 10.1. The van der Waals surface area contributed by atoms with Crippen LogP contribution < -0.4 is 5.32 Å². The number of esters is 1. The molecule has 1 N–H and O–H groups in total. The summed E-state index contributed by atoms with van der Waals surface area (Å²) >= 11 is 0. The van der Waals surface area contributed by atoms with Crippen molar-refractivity contribution in [1.29, 1.82) is 0 Å². The maximum atomic E-state index is 11.1. The minimum Gasteiger partial charge on any atom is -0.469 e. The number of nitrogens with one attached hydrogen (secondary N) is 1. The average molecular weight is 221 g/mol. The Bertz CT molecular complexity index is 332. The number of carbonyl (C=O) groups excluding carboxylic acids is 1. The molecular formula is C13H19NO2. The summed E-state index contributed by atoms with van der Waals surface area (Å²) in [4.78, 5) is 11.1. The van der Waals surface area contributed by atoms with Crippen molar-refractivity contribution in [3.8, 4) is 0 Å². The van der Waals surface area contributed by atoms with Crippen molar-refractivity contribution < 1.29 is 9.53 Å². The van der Waals surface area contributed by atoms with Crippen LogP contribution in [0.25, 0.3) is 0 Å². The van der Waals surface area contributed by atoms with Gasteiger partial charge in [-0.15, -0.1) is 0 Å². The van der Waals surface area contributed by atoms with Crippen LogP contribution in [0.15, 0.2) is 24.3 Å². The summed E-state index contributed by atoms with van der Waals surface area (Å²) in [6, 6.07) is 8.35. The lowest BCUT2D eigenvalue weighted by Gasteiger charge is -2.10. The first-order valence-corrected chi connectivity index (χ1v) is 5.47. The summed E-state index contributed by atoms with van der Waals surface area (Å²) < 4.78 is 4.65. The molecule has 1 aromatic rings. The Balaban J connectivity index is 2.30. The van der Waals surface area contributed by atoms with Gasteiger partial charge in [0.2, 0.25) is 0 Å². The summed E-state index contributed by atoms with van der Waals surface area (Å²) in [5, 5.41) is 3.24. The number of hydrogen-bond donors (Lipinski definition) is 1. The Morgan fingerprint density at radius 1 is 1.38 bits per heavy atom. The first kappa shape index (κ1) is 12.7. The number of methoxy groups -OCH3 is 1. The highest BCUT2D eigenvalue weighted by molar-refractivity contribution is 5.72. The van der Waals surface area contributed by atoms with Crippen LogP contribution in [0.4, 0.5) is 0 Å². The van der Waals surface area contributed by atoms with Gasteiger partial charge >= 0.3 is 5.97 Å². The molecule has 3 heteroatoms. The highest BCUT2D eigenvalue weighted by atomic mass is 16.5. The van der Waals surface area contributed by atoms with E-state index in [1.54, 1.807) is 0 Å². The topological polar surface area (TPSA) is 38.3 Å². The monoisotopic (exact) mass is 221 g/mol. The maximum absolute atomic E-state index is 11.1. The maximum Gasteiger partial charge on any atom is 0.309 e. The van der Waals surface area contributed by atoms with Crippen molar-refractivity contribution in [3.05, 3.63) is 35.4 Å². The molecule has 0 saturated heterocycles. The first-order chi connectivity index (χ1) is 7.63. The molecule has 0 saturated carbocycles. The molecule has 0 aliphatic rings. The van der Waals surface area contributed by atoms with Gasteiger partial charge in [-0.2, -0.15) is 0 Å². The fourth-order valence-corrected chi connectivity index (χ4v) is 1.42. The molecule has 1 atom stereocenters. The Labute approximate surface area is 96.8 Å². The SMILES string of the molecule is COC(=O)[C@H](C)CNCc1ccc(C)cc1. The molecule has 0 aliphatic heterocycles. The van der Waals surface area contributed by atoms with E-state index in [1.807, 2.05) is 6.92 Å². The zero-order valence-corrected chi connectivity index (χ0v) is 10.1. The highest BCUT2D eigenvalue weighted by Gasteiger charge is 2.11. The van der Waals surface area contributed by atoms with Gasteiger partial charge in [0, 0.05) is 13.1 Å². The van der Waals surface area contributed by atoms with Crippen molar-refractivity contribution >= 4 is 5.97 Å². The quantitative estimate of drug-likeness (QED) is 0.772. The van der Waals surface area contributed by atoms with E-state index in [9.17, 15) is 4.79 Å². The van der Waals surface area contributed by atoms with Crippen molar-refractivity contribution in [2.24, 2.45) is 5.92 Å². The van der Waals surface area contributed by atoms with Crippen LogP contribution >= 0.6 is 0 Å². The standard InChI is InChI=1S/C13H19NO2/c1-10-4-6-12(7-5-10)9-14-8-11(2)13(15)16-3/h4-7,11,14H,8-9H2,1-3H3/t11-/m1/s1. The van der Waals surface area contributed by atoms with Gasteiger partial charge in [0.1, 0.15) is 0 Å². The smallest absolute Gasteiger partial charge is 0.309 e. The predicted octanol–water partition coefficient (Wildman–Crippen LogP) is 1.89. The minimum atomic E-state index is -0.170. The fourth-order valence-electron chi connectivity index (χ4n) is 1.42. The third-order valence-corrected chi connectivity index (χ3v) is 2.50. The fraction of sp³-hybridized carbons (Fsp3) is 0.462. The summed E-state index contributed by atoms with van der Waals surface area (Å²) in [5.41, 5.74) is 2.48. The Morgan fingerprint density at radius 2 is 2.00 bits per heavy atom. The Kier molecular flexibility index (Phi) is 4.99. The minimum absolute atomic E-state index is 0.101. The second kappa shape index (κ2) is 6.28. The summed E-state index contributed by atoms with van der Waals surface area (Å²) in [6.45, 7) is 5.34. The summed E-state index contributed by atoms with van der Waals surface area (Å²) in [5.74, 6) is -0.271. The van der Waals surface area contributed by atoms with Crippen LogP contribution in [0.3, 0.4) is 0 Å². The van der Waals surface area contributed by atoms with Gasteiger partial charge in [-0.1, -0.05) is 36.8 Å². The molecule has 0 aromatic heterocycles. The van der Waals surface area contributed by atoms with Gasteiger partial charge in [-0.05, 0) is 12.5 Å². The summed E-state index contributed by atoms with van der Waals surface area (Å²) in [7, 11) is 1.42. The molecule has 0 bridgehead atoms. The van der Waals surface area contributed by atoms with Crippen LogP contribution in [-0.2, 0) is 16.1 Å². The van der Waals surface area contributed by atoms with Crippen molar-refractivity contribution in [1.82, 2.24) is 5.32 Å². The second-order valence-corrected chi connectivity index (χ2v) is 4.04. The number of rotatable bonds is 5. The van der Waals surface area contributed by atoms with E-state index >= 15 is 0 Å². The van der Waals surface area contributed by atoms with E-state index < -0.39 is 0 Å². The molecule has 0 unspecified atom stereocenters. The van der Waals surface area contributed by atoms with Crippen LogP contribution in [0.2, 0.25) is 0 Å². The molecule has 3 nitrogen and oxygen atoms in total. The molecule has 0 amide bonds. The van der Waals surface area contributed by atoms with Crippen LogP contribution in [0.5, 0.6) is 0 Å². The van der Waals surface area contributed by atoms with E-state index in [0.717, 1.165) is 6.54 Å². The summed E-state index contributed by atoms with van der Waals surface area (Å²) in [6.07, 6.45) is 0. The number of ether oxygens (including phenoxy) is 1. The Hall–Kier alpha value is -1.35. The van der Waals surface area contributed by atoms with Crippen molar-refractivity contribution in [3.63, 3.8) is 0 Å². The van der Waals surface area contributed by atoms with Gasteiger partial charge < -0.3 is 10.1 Å². The van der Waals surface area contributed by atoms with Gasteiger partial charge in [0.25, 0.3) is 0 Å². The van der Waals surface area contributed by atoms with Crippen LogP contribution in [0.1, 0.15) is 18.1 Å². The van der Waals surface area contributed by atoms with E-state index in [1.165, 1.54) is 18.2 Å². The molecular weight excluding hydrogens is 202 g/mol. The molecule has 88 valence electrons. The third kappa shape index (κ3) is 4.03. The Morgan fingerprint density at radius 3 is 2.56 bits per heavy atom. The van der Waals surface area contributed by atoms with Crippen molar-refractivity contribution in [2.75, 3.05) is 13.7 Å². The van der Waals surface area contributed by atoms with Crippen molar-refractivity contribution in [2.45, 2.75) is 20.4 Å². The van der Waals surface area contributed by atoms with Gasteiger partial charge in [-0.25, -0.2) is 0 Å². The molecule has 0 radical (unpaired) electrons. The molecule has 1 rings (SSSR count). The molecule has 1 aromatic carbocycles. The van der Waals surface area contributed by atoms with E-state index in [-0.39, 0.29) is 11.9 Å². The molecule has 0 spiro atoms. The number of hydrogen-bond acceptors (Lipinski definition) is 3. The third-order valence-electron chi connectivity index (χ3n) is 2.50. The average Bonchev–Trinajstić information content (AvgIpc) is 2.30. The van der Waals surface area contributed by atoms with Crippen LogP contribution in [0, 0.1) is 12.8 Å². The lowest BCUT2D eigenvalue weighted by Crippen LogP contribution is -2.26. The van der Waals surface area contributed by atoms with E-state index in [4.69, 9.17) is 0 Å². The van der Waals surface area contributed by atoms with E-state index in [2.05, 4.69) is 41.2 Å². The molecule has 0 aliphatic carbocycles. The lowest BCUT2D eigenvalue weighted by molar-refractivity contribution is -0.144. The normalized spacial score (nSPS) is 12.2.